The number of rotatable bonds is 5. The first kappa shape index (κ1) is 15.7. The largest absolute Gasteiger partial charge is 0.467 e. The fourth-order valence-corrected chi connectivity index (χ4v) is 2.65. The highest BCUT2D eigenvalue weighted by Crippen LogP contribution is 2.24. The lowest BCUT2D eigenvalue weighted by Crippen LogP contribution is -2.29. The van der Waals surface area contributed by atoms with Crippen molar-refractivity contribution in [1.82, 2.24) is 9.80 Å². The van der Waals surface area contributed by atoms with E-state index in [9.17, 15) is 14.4 Å². The summed E-state index contributed by atoms with van der Waals surface area (Å²) in [6.07, 6.45) is 3.03. The van der Waals surface area contributed by atoms with Crippen molar-refractivity contribution in [2.75, 3.05) is 13.6 Å². The summed E-state index contributed by atoms with van der Waals surface area (Å²) >= 11 is 0. The maximum atomic E-state index is 12.5. The Morgan fingerprint density at radius 2 is 2.00 bits per heavy atom. The van der Waals surface area contributed by atoms with Gasteiger partial charge in [0.2, 0.25) is 0 Å². The molecule has 0 unspecified atom stereocenters. The Labute approximate surface area is 139 Å². The fourth-order valence-electron chi connectivity index (χ4n) is 2.65. The summed E-state index contributed by atoms with van der Waals surface area (Å²) < 4.78 is 5.23. The maximum Gasteiger partial charge on any atom is 0.261 e. The van der Waals surface area contributed by atoms with Crippen LogP contribution in [0.1, 0.15) is 36.8 Å². The van der Waals surface area contributed by atoms with Crippen LogP contribution in [-0.2, 0) is 6.54 Å². The van der Waals surface area contributed by atoms with Crippen LogP contribution < -0.4 is 0 Å². The van der Waals surface area contributed by atoms with Crippen molar-refractivity contribution in [1.29, 1.82) is 0 Å². The molecule has 122 valence electrons. The molecule has 3 amide bonds. The Hall–Kier alpha value is -3.15. The van der Waals surface area contributed by atoms with E-state index in [2.05, 4.69) is 6.58 Å². The van der Waals surface area contributed by atoms with Crippen LogP contribution in [0.15, 0.2) is 53.7 Å². The van der Waals surface area contributed by atoms with E-state index in [1.165, 1.54) is 23.1 Å². The molecule has 2 aromatic rings. The highest BCUT2D eigenvalue weighted by atomic mass is 16.3. The Kier molecular flexibility index (Phi) is 4.04. The number of hydrogen-bond donors (Lipinski definition) is 0. The average molecular weight is 324 g/mol. The van der Waals surface area contributed by atoms with Crippen molar-refractivity contribution >= 4 is 17.7 Å². The molecule has 0 atom stereocenters. The Bertz CT molecular complexity index is 824. The van der Waals surface area contributed by atoms with Crippen LogP contribution in [-0.4, -0.2) is 41.1 Å². The van der Waals surface area contributed by atoms with Crippen LogP contribution in [0.4, 0.5) is 0 Å². The van der Waals surface area contributed by atoms with E-state index in [0.717, 1.165) is 4.90 Å². The number of nitrogens with zero attached hydrogens (tertiary/aromatic N) is 2. The normalized spacial score (nSPS) is 13.1. The Balaban J connectivity index is 1.84. The second-order valence-corrected chi connectivity index (χ2v) is 5.51. The molecule has 2 heterocycles. The van der Waals surface area contributed by atoms with Crippen molar-refractivity contribution in [3.8, 4) is 0 Å². The van der Waals surface area contributed by atoms with E-state index in [0.29, 0.717) is 23.4 Å². The van der Waals surface area contributed by atoms with Gasteiger partial charge >= 0.3 is 0 Å². The minimum atomic E-state index is -0.404. The monoisotopic (exact) mass is 324 g/mol. The van der Waals surface area contributed by atoms with Gasteiger partial charge in [-0.2, -0.15) is 0 Å². The number of carbonyl (C=O) groups excluding carboxylic acids is 3. The number of imide groups is 1. The molecule has 0 saturated heterocycles. The average Bonchev–Trinajstić information content (AvgIpc) is 3.17. The number of fused-ring (bicyclic) bond motifs is 1. The van der Waals surface area contributed by atoms with Gasteiger partial charge in [0, 0.05) is 19.2 Å². The van der Waals surface area contributed by atoms with Crippen LogP contribution in [0.5, 0.6) is 0 Å². The van der Waals surface area contributed by atoms with Gasteiger partial charge in [-0.3, -0.25) is 19.3 Å². The second kappa shape index (κ2) is 6.16. The minimum Gasteiger partial charge on any atom is -0.467 e. The van der Waals surface area contributed by atoms with Crippen molar-refractivity contribution in [3.63, 3.8) is 0 Å². The molecule has 6 nitrogen and oxygen atoms in total. The highest BCUT2D eigenvalue weighted by molar-refractivity contribution is 6.22. The van der Waals surface area contributed by atoms with Gasteiger partial charge < -0.3 is 9.32 Å². The first-order valence-corrected chi connectivity index (χ1v) is 7.42. The summed E-state index contributed by atoms with van der Waals surface area (Å²) in [6.45, 7) is 4.01. The first-order valence-electron chi connectivity index (χ1n) is 7.42. The highest BCUT2D eigenvalue weighted by Gasteiger charge is 2.35. The van der Waals surface area contributed by atoms with E-state index >= 15 is 0 Å². The molecule has 1 aromatic carbocycles. The molecule has 0 fully saturated rings. The van der Waals surface area contributed by atoms with Gasteiger partial charge in [-0.15, -0.1) is 6.58 Å². The molecule has 0 N–H and O–H groups in total. The number of benzene rings is 1. The summed E-state index contributed by atoms with van der Waals surface area (Å²) in [6, 6.07) is 8.08. The van der Waals surface area contributed by atoms with Gasteiger partial charge in [-0.05, 0) is 30.3 Å². The van der Waals surface area contributed by atoms with Crippen molar-refractivity contribution < 1.29 is 18.8 Å². The lowest BCUT2D eigenvalue weighted by molar-refractivity contribution is 0.0671. The minimum absolute atomic E-state index is 0.147. The zero-order valence-corrected chi connectivity index (χ0v) is 13.2. The van der Waals surface area contributed by atoms with E-state index < -0.39 is 5.91 Å². The predicted molar refractivity (Wildman–Crippen MR) is 86.5 cm³/mol. The number of amides is 3. The third kappa shape index (κ3) is 2.62. The molecule has 0 spiro atoms. The van der Waals surface area contributed by atoms with Gasteiger partial charge in [-0.1, -0.05) is 6.08 Å². The molecule has 3 rings (SSSR count). The van der Waals surface area contributed by atoms with E-state index in [1.54, 1.807) is 31.5 Å². The van der Waals surface area contributed by atoms with Crippen molar-refractivity contribution in [2.45, 2.75) is 6.54 Å². The quantitative estimate of drug-likeness (QED) is 0.625. The van der Waals surface area contributed by atoms with Crippen molar-refractivity contribution in [3.05, 3.63) is 71.7 Å². The molecule has 0 aliphatic carbocycles. The number of furan rings is 1. The standard InChI is InChI=1S/C18H16N2O4/c1-3-8-20-17(22)14-7-6-12(10-15(14)18(20)23)16(21)19(2)11-13-5-4-9-24-13/h3-7,9-10H,1,8,11H2,2H3. The third-order valence-corrected chi connectivity index (χ3v) is 3.85. The zero-order chi connectivity index (χ0) is 17.3. The fraction of sp³-hybridized carbons (Fsp3) is 0.167. The van der Waals surface area contributed by atoms with Crippen LogP contribution >= 0.6 is 0 Å². The van der Waals surface area contributed by atoms with Gasteiger partial charge in [0.1, 0.15) is 5.76 Å². The molecule has 24 heavy (non-hydrogen) atoms. The van der Waals surface area contributed by atoms with E-state index in [4.69, 9.17) is 4.42 Å². The first-order chi connectivity index (χ1) is 11.5. The Morgan fingerprint density at radius 3 is 2.67 bits per heavy atom. The summed E-state index contributed by atoms with van der Waals surface area (Å²) in [5.74, 6) is -0.358. The van der Waals surface area contributed by atoms with Crippen LogP contribution in [0, 0.1) is 0 Å². The summed E-state index contributed by atoms with van der Waals surface area (Å²) in [7, 11) is 1.65. The summed E-state index contributed by atoms with van der Waals surface area (Å²) in [5.41, 5.74) is 0.913. The molecular formula is C18H16N2O4. The van der Waals surface area contributed by atoms with Crippen LogP contribution in [0.3, 0.4) is 0 Å². The van der Waals surface area contributed by atoms with Gasteiger partial charge in [0.15, 0.2) is 0 Å². The number of hydrogen-bond acceptors (Lipinski definition) is 4. The lowest BCUT2D eigenvalue weighted by atomic mass is 10.0. The van der Waals surface area contributed by atoms with Gasteiger partial charge in [0.25, 0.3) is 17.7 Å². The van der Waals surface area contributed by atoms with Crippen LogP contribution in [0.2, 0.25) is 0 Å². The predicted octanol–water partition coefficient (Wildman–Crippen LogP) is 2.33. The third-order valence-electron chi connectivity index (χ3n) is 3.85. The van der Waals surface area contributed by atoms with E-state index in [1.807, 2.05) is 0 Å². The zero-order valence-electron chi connectivity index (χ0n) is 13.2. The molecule has 1 aromatic heterocycles. The van der Waals surface area contributed by atoms with Gasteiger partial charge in [0.05, 0.1) is 23.9 Å². The molecule has 1 aliphatic rings. The topological polar surface area (TPSA) is 70.8 Å². The molecular weight excluding hydrogens is 308 g/mol. The smallest absolute Gasteiger partial charge is 0.261 e. The Morgan fingerprint density at radius 1 is 1.25 bits per heavy atom. The van der Waals surface area contributed by atoms with Crippen LogP contribution in [0.25, 0.3) is 0 Å². The molecule has 0 bridgehead atoms. The molecule has 1 aliphatic heterocycles. The lowest BCUT2D eigenvalue weighted by Gasteiger charge is -2.16. The number of carbonyl (C=O) groups is 3. The molecule has 0 saturated carbocycles. The second-order valence-electron chi connectivity index (χ2n) is 5.51. The van der Waals surface area contributed by atoms with E-state index in [-0.39, 0.29) is 23.9 Å². The maximum absolute atomic E-state index is 12.5. The summed E-state index contributed by atoms with van der Waals surface area (Å²) in [5, 5.41) is 0. The summed E-state index contributed by atoms with van der Waals surface area (Å²) in [4.78, 5) is 39.6. The van der Waals surface area contributed by atoms with Crippen molar-refractivity contribution in [2.24, 2.45) is 0 Å². The SMILES string of the molecule is C=CCN1C(=O)c2ccc(C(=O)N(C)Cc3ccco3)cc2C1=O. The molecule has 0 radical (unpaired) electrons. The van der Waals surface area contributed by atoms with Gasteiger partial charge in [-0.25, -0.2) is 0 Å². The molecule has 6 heteroatoms.